The van der Waals surface area contributed by atoms with E-state index in [0.29, 0.717) is 47.6 Å². The van der Waals surface area contributed by atoms with Gasteiger partial charge in [0.15, 0.2) is 5.58 Å². The number of phenolic OH excluding ortho intramolecular Hbond substituents is 1. The van der Waals surface area contributed by atoms with Gasteiger partial charge in [-0.1, -0.05) is 36.4 Å². The molecular weight excluding hydrogens is 446 g/mol. The van der Waals surface area contributed by atoms with Gasteiger partial charge in [0, 0.05) is 18.3 Å². The molecule has 178 valence electrons. The van der Waals surface area contributed by atoms with Crippen LogP contribution in [0.3, 0.4) is 0 Å². The molecule has 35 heavy (non-hydrogen) atoms. The fourth-order valence-electron chi connectivity index (χ4n) is 4.23. The molecule has 1 fully saturated rings. The average molecular weight is 472 g/mol. The summed E-state index contributed by atoms with van der Waals surface area (Å²) in [6.45, 7) is 2.57. The largest absolute Gasteiger partial charge is 0.507 e. The number of rotatable bonds is 5. The van der Waals surface area contributed by atoms with Crippen LogP contribution in [-0.4, -0.2) is 39.6 Å². The topological polar surface area (TPSA) is 105 Å². The molecule has 1 aliphatic heterocycles. The van der Waals surface area contributed by atoms with Gasteiger partial charge in [-0.25, -0.2) is 9.78 Å². The van der Waals surface area contributed by atoms with Crippen molar-refractivity contribution in [3.8, 4) is 17.2 Å². The fraction of sp³-hybridized carbons (Fsp3) is 0.222. The Morgan fingerprint density at radius 2 is 1.97 bits per heavy atom. The molecule has 4 aromatic rings. The van der Waals surface area contributed by atoms with Crippen molar-refractivity contribution in [1.29, 1.82) is 0 Å². The maximum absolute atomic E-state index is 12.9. The number of aryl methyl sites for hydroxylation is 1. The molecule has 0 bridgehead atoms. The van der Waals surface area contributed by atoms with Crippen LogP contribution in [0, 0.1) is 6.92 Å². The first-order valence-electron chi connectivity index (χ1n) is 11.5. The first kappa shape index (κ1) is 22.5. The minimum absolute atomic E-state index is 0.0726. The molecule has 1 saturated heterocycles. The van der Waals surface area contributed by atoms with Crippen LogP contribution in [-0.2, 0) is 16.1 Å². The summed E-state index contributed by atoms with van der Waals surface area (Å²) in [5.41, 5.74) is 4.10. The summed E-state index contributed by atoms with van der Waals surface area (Å²) in [6, 6.07) is 19.2. The van der Waals surface area contributed by atoms with Gasteiger partial charge in [-0.2, -0.15) is 0 Å². The summed E-state index contributed by atoms with van der Waals surface area (Å²) in [5.74, 6) is -0.107. The number of nitrogens with one attached hydrogen (secondary N) is 1. The van der Waals surface area contributed by atoms with Gasteiger partial charge in [0.2, 0.25) is 11.8 Å². The second-order valence-electron chi connectivity index (χ2n) is 8.60. The summed E-state index contributed by atoms with van der Waals surface area (Å²) in [7, 11) is 0. The fourth-order valence-corrected chi connectivity index (χ4v) is 4.23. The Morgan fingerprint density at radius 3 is 2.77 bits per heavy atom. The van der Waals surface area contributed by atoms with Gasteiger partial charge < -0.3 is 19.6 Å². The maximum atomic E-state index is 12.9. The molecule has 0 saturated carbocycles. The van der Waals surface area contributed by atoms with E-state index in [1.807, 2.05) is 55.5 Å². The number of carbonyl (C=O) groups is 2. The normalized spacial score (nSPS) is 15.3. The van der Waals surface area contributed by atoms with E-state index in [-0.39, 0.29) is 18.3 Å². The van der Waals surface area contributed by atoms with Crippen molar-refractivity contribution in [1.82, 2.24) is 9.88 Å². The Morgan fingerprint density at radius 1 is 1.14 bits per heavy atom. The predicted octanol–water partition coefficient (Wildman–Crippen LogP) is 5.25. The number of carbonyl (C=O) groups excluding carboxylic acids is 2. The molecule has 0 aliphatic carbocycles. The average Bonchev–Trinajstić information content (AvgIpc) is 3.50. The van der Waals surface area contributed by atoms with Crippen LogP contribution in [0.5, 0.6) is 5.75 Å². The number of amides is 2. The van der Waals surface area contributed by atoms with Gasteiger partial charge in [-0.05, 0) is 55.2 Å². The van der Waals surface area contributed by atoms with Gasteiger partial charge >= 0.3 is 6.09 Å². The summed E-state index contributed by atoms with van der Waals surface area (Å²) in [4.78, 5) is 31.5. The van der Waals surface area contributed by atoms with Crippen LogP contribution in [0.15, 0.2) is 71.1 Å². The molecule has 2 N–H and O–H groups in total. The lowest BCUT2D eigenvalue weighted by Crippen LogP contribution is -2.43. The van der Waals surface area contributed by atoms with Gasteiger partial charge in [-0.3, -0.25) is 9.69 Å². The van der Waals surface area contributed by atoms with E-state index in [1.165, 1.54) is 11.0 Å². The number of phenols is 1. The number of aromatic nitrogens is 1. The standard InChI is InChI=1S/C27H25N3O5/c1-17-9-12-24-21(14-17)29-26(35-24)20-11-10-19(15-23(20)31)28-25(32)22-8-5-13-30(22)27(33)34-16-18-6-3-2-4-7-18/h2-4,6-7,9-12,14-15,22,31H,5,8,13,16H2,1H3,(H,28,32). The Bertz CT molecular complexity index is 1380. The molecule has 0 spiro atoms. The number of hydrogen-bond donors (Lipinski definition) is 2. The van der Waals surface area contributed by atoms with Crippen molar-refractivity contribution in [2.45, 2.75) is 32.4 Å². The number of ether oxygens (including phenoxy) is 1. The quantitative estimate of drug-likeness (QED) is 0.412. The smallest absolute Gasteiger partial charge is 0.410 e. The zero-order valence-electron chi connectivity index (χ0n) is 19.2. The van der Waals surface area contributed by atoms with Crippen LogP contribution in [0.25, 0.3) is 22.6 Å². The molecule has 8 nitrogen and oxygen atoms in total. The minimum atomic E-state index is -0.639. The lowest BCUT2D eigenvalue weighted by atomic mass is 10.1. The van der Waals surface area contributed by atoms with Crippen LogP contribution in [0.4, 0.5) is 10.5 Å². The van der Waals surface area contributed by atoms with E-state index < -0.39 is 12.1 Å². The SMILES string of the molecule is Cc1ccc2oc(-c3ccc(NC(=O)C4CCCN4C(=O)OCc4ccccc4)cc3O)nc2c1. The van der Waals surface area contributed by atoms with Gasteiger partial charge in [0.25, 0.3) is 0 Å². The molecule has 1 aromatic heterocycles. The lowest BCUT2D eigenvalue weighted by Gasteiger charge is -2.23. The summed E-state index contributed by atoms with van der Waals surface area (Å²) in [6.07, 6.45) is 0.731. The highest BCUT2D eigenvalue weighted by Gasteiger charge is 2.35. The highest BCUT2D eigenvalue weighted by Crippen LogP contribution is 2.33. The number of benzene rings is 3. The van der Waals surface area contributed by atoms with Crippen molar-refractivity contribution in [3.63, 3.8) is 0 Å². The van der Waals surface area contributed by atoms with E-state index in [0.717, 1.165) is 11.1 Å². The highest BCUT2D eigenvalue weighted by molar-refractivity contribution is 5.97. The summed E-state index contributed by atoms with van der Waals surface area (Å²) >= 11 is 0. The van der Waals surface area contributed by atoms with E-state index >= 15 is 0 Å². The molecule has 1 aliphatic rings. The van der Waals surface area contributed by atoms with Crippen LogP contribution in [0.2, 0.25) is 0 Å². The summed E-state index contributed by atoms with van der Waals surface area (Å²) < 4.78 is 11.2. The minimum Gasteiger partial charge on any atom is -0.507 e. The third-order valence-electron chi connectivity index (χ3n) is 6.03. The molecule has 0 radical (unpaired) electrons. The Labute approximate surface area is 202 Å². The second-order valence-corrected chi connectivity index (χ2v) is 8.60. The molecule has 1 atom stereocenters. The molecule has 3 aromatic carbocycles. The monoisotopic (exact) mass is 471 g/mol. The van der Waals surface area contributed by atoms with Crippen LogP contribution in [0.1, 0.15) is 24.0 Å². The molecular formula is C27H25N3O5. The number of fused-ring (bicyclic) bond motifs is 1. The van der Waals surface area contributed by atoms with Gasteiger partial charge in [0.05, 0.1) is 5.56 Å². The third kappa shape index (κ3) is 4.82. The third-order valence-corrected chi connectivity index (χ3v) is 6.03. The number of nitrogens with zero attached hydrogens (tertiary/aromatic N) is 2. The van der Waals surface area contributed by atoms with E-state index in [4.69, 9.17) is 9.15 Å². The van der Waals surface area contributed by atoms with E-state index in [2.05, 4.69) is 10.3 Å². The van der Waals surface area contributed by atoms with Gasteiger partial charge in [0.1, 0.15) is 23.9 Å². The van der Waals surface area contributed by atoms with Gasteiger partial charge in [-0.15, -0.1) is 0 Å². The van der Waals surface area contributed by atoms with E-state index in [1.54, 1.807) is 12.1 Å². The predicted molar refractivity (Wildman–Crippen MR) is 131 cm³/mol. The van der Waals surface area contributed by atoms with Crippen molar-refractivity contribution < 1.29 is 23.8 Å². The lowest BCUT2D eigenvalue weighted by molar-refractivity contribution is -0.120. The Kier molecular flexibility index (Phi) is 6.10. The zero-order valence-corrected chi connectivity index (χ0v) is 19.2. The Hall–Kier alpha value is -4.33. The maximum Gasteiger partial charge on any atom is 0.410 e. The van der Waals surface area contributed by atoms with Crippen molar-refractivity contribution in [3.05, 3.63) is 77.9 Å². The molecule has 1 unspecified atom stereocenters. The molecule has 2 amide bonds. The molecule has 2 heterocycles. The Balaban J connectivity index is 1.25. The van der Waals surface area contributed by atoms with Crippen molar-refractivity contribution in [2.75, 3.05) is 11.9 Å². The summed E-state index contributed by atoms with van der Waals surface area (Å²) in [5, 5.41) is 13.4. The number of hydrogen-bond acceptors (Lipinski definition) is 6. The highest BCUT2D eigenvalue weighted by atomic mass is 16.6. The first-order valence-corrected chi connectivity index (χ1v) is 11.5. The van der Waals surface area contributed by atoms with Crippen LogP contribution < -0.4 is 5.32 Å². The first-order chi connectivity index (χ1) is 17.0. The second kappa shape index (κ2) is 9.50. The molecule has 8 heteroatoms. The van der Waals surface area contributed by atoms with Crippen molar-refractivity contribution >= 4 is 28.8 Å². The van der Waals surface area contributed by atoms with E-state index in [9.17, 15) is 14.7 Å². The van der Waals surface area contributed by atoms with Crippen LogP contribution >= 0.6 is 0 Å². The number of oxazole rings is 1. The molecule has 5 rings (SSSR count). The number of aromatic hydroxyl groups is 1. The number of likely N-dealkylation sites (tertiary alicyclic amines) is 1. The van der Waals surface area contributed by atoms with Crippen molar-refractivity contribution in [2.24, 2.45) is 0 Å². The zero-order chi connectivity index (χ0) is 24.4. The number of anilines is 1.